The smallest absolute Gasteiger partial charge is 0.335 e. The van der Waals surface area contributed by atoms with E-state index in [-0.39, 0.29) is 22.6 Å². The van der Waals surface area contributed by atoms with Gasteiger partial charge in [0.1, 0.15) is 5.82 Å². The van der Waals surface area contributed by atoms with Crippen LogP contribution in [0.2, 0.25) is 0 Å². The minimum absolute atomic E-state index is 0.103. The van der Waals surface area contributed by atoms with E-state index >= 15 is 0 Å². The molecule has 0 bridgehead atoms. The van der Waals surface area contributed by atoms with Crippen molar-refractivity contribution in [2.45, 2.75) is 70.6 Å². The molecule has 0 saturated carbocycles. The van der Waals surface area contributed by atoms with Crippen LogP contribution in [0.1, 0.15) is 90.2 Å². The molecule has 1 atom stereocenters. The van der Waals surface area contributed by atoms with Gasteiger partial charge in [-0.05, 0) is 88.6 Å². The lowest BCUT2D eigenvalue weighted by Crippen LogP contribution is -2.34. The maximum Gasteiger partial charge on any atom is 0.335 e. The monoisotopic (exact) mass is 470 g/mol. The van der Waals surface area contributed by atoms with Crippen LogP contribution < -0.4 is 0 Å². The van der Waals surface area contributed by atoms with Crippen molar-refractivity contribution in [2.24, 2.45) is 0 Å². The highest BCUT2D eigenvalue weighted by atomic mass is 19.1. The van der Waals surface area contributed by atoms with Gasteiger partial charge in [0.25, 0.3) is 0 Å². The molecule has 0 fully saturated rings. The minimum atomic E-state index is -0.910. The van der Waals surface area contributed by atoms with E-state index in [4.69, 9.17) is 0 Å². The molecule has 3 aromatic rings. The molecule has 0 radical (unpaired) electrons. The number of aromatic carboxylic acids is 1. The van der Waals surface area contributed by atoms with Gasteiger partial charge in [-0.25, -0.2) is 9.18 Å². The van der Waals surface area contributed by atoms with Gasteiger partial charge in [0.05, 0.1) is 5.56 Å². The maximum absolute atomic E-state index is 13.5. The Morgan fingerprint density at radius 2 is 1.60 bits per heavy atom. The van der Waals surface area contributed by atoms with Gasteiger partial charge in [-0.1, -0.05) is 82.3 Å². The van der Waals surface area contributed by atoms with Crippen LogP contribution in [0.3, 0.4) is 0 Å². The Labute approximate surface area is 208 Å². The van der Waals surface area contributed by atoms with Crippen molar-refractivity contribution in [1.82, 2.24) is 0 Å². The molecule has 35 heavy (non-hydrogen) atoms. The fourth-order valence-corrected chi connectivity index (χ4v) is 5.27. The largest absolute Gasteiger partial charge is 0.478 e. The third-order valence-electron chi connectivity index (χ3n) is 7.68. The number of allylic oxidation sites excluding steroid dienone is 1. The zero-order chi connectivity index (χ0) is 25.4. The predicted octanol–water partition coefficient (Wildman–Crippen LogP) is 8.22. The number of hydrogen-bond acceptors (Lipinski definition) is 1. The lowest BCUT2D eigenvalue weighted by Gasteiger charge is -2.42. The van der Waals surface area contributed by atoms with Gasteiger partial charge < -0.3 is 5.11 Å². The predicted molar refractivity (Wildman–Crippen MR) is 142 cm³/mol. The van der Waals surface area contributed by atoms with E-state index in [1.54, 1.807) is 6.07 Å². The zero-order valence-electron chi connectivity index (χ0n) is 21.4. The highest BCUT2D eigenvalue weighted by Gasteiger charge is 2.37. The maximum atomic E-state index is 13.5. The summed E-state index contributed by atoms with van der Waals surface area (Å²) in [5.74, 6) is -1.04. The molecule has 4 rings (SSSR count). The molecule has 1 unspecified atom stereocenters. The molecule has 0 spiro atoms. The molecule has 0 aliphatic heterocycles. The first kappa shape index (κ1) is 24.9. The number of fused-ring (bicyclic) bond motifs is 1. The van der Waals surface area contributed by atoms with E-state index < -0.39 is 5.97 Å². The molecule has 1 aliphatic carbocycles. The van der Waals surface area contributed by atoms with Crippen molar-refractivity contribution in [3.8, 4) is 0 Å². The average molecular weight is 471 g/mol. The van der Waals surface area contributed by atoms with Crippen LogP contribution in [0, 0.1) is 12.7 Å². The van der Waals surface area contributed by atoms with Crippen molar-refractivity contribution >= 4 is 12.0 Å². The molecule has 2 nitrogen and oxygen atoms in total. The first-order valence-electron chi connectivity index (χ1n) is 12.4. The first-order valence-corrected chi connectivity index (χ1v) is 12.4. The van der Waals surface area contributed by atoms with Gasteiger partial charge in [0, 0.05) is 5.92 Å². The van der Waals surface area contributed by atoms with Crippen LogP contribution in [0.5, 0.6) is 0 Å². The summed E-state index contributed by atoms with van der Waals surface area (Å²) in [6.45, 7) is 11.2. The molecular weight excluding hydrogens is 435 g/mol. The third kappa shape index (κ3) is 5.40. The Hall–Kier alpha value is -3.20. The molecule has 0 saturated heterocycles. The summed E-state index contributed by atoms with van der Waals surface area (Å²) in [6, 6.07) is 19.1. The van der Waals surface area contributed by atoms with Gasteiger partial charge >= 0.3 is 5.97 Å². The highest BCUT2D eigenvalue weighted by molar-refractivity contribution is 5.89. The van der Waals surface area contributed by atoms with Crippen LogP contribution in [0.15, 0.2) is 66.7 Å². The van der Waals surface area contributed by atoms with E-state index in [9.17, 15) is 14.3 Å². The van der Waals surface area contributed by atoms with Gasteiger partial charge in [0.2, 0.25) is 0 Å². The third-order valence-corrected chi connectivity index (χ3v) is 7.68. The average Bonchev–Trinajstić information content (AvgIpc) is 2.80. The van der Waals surface area contributed by atoms with E-state index in [2.05, 4.69) is 58.0 Å². The number of rotatable bonds is 6. The number of halogens is 1. The normalized spacial score (nSPS) is 17.2. The fourth-order valence-electron chi connectivity index (χ4n) is 5.27. The lowest BCUT2D eigenvalue weighted by atomic mass is 9.62. The molecule has 3 heteroatoms. The summed E-state index contributed by atoms with van der Waals surface area (Å²) in [5.41, 5.74) is 7.49. The molecule has 0 amide bonds. The molecule has 182 valence electrons. The van der Waals surface area contributed by atoms with Crippen LogP contribution >= 0.6 is 0 Å². The van der Waals surface area contributed by atoms with Crippen molar-refractivity contribution in [1.29, 1.82) is 0 Å². The molecule has 1 N–H and O–H groups in total. The second kappa shape index (κ2) is 9.45. The van der Waals surface area contributed by atoms with Gasteiger partial charge in [-0.15, -0.1) is 0 Å². The standard InChI is InChI=1S/C32H35FO2/c1-21-18-22(9-14-27(21)30(34)35)6-10-24(19-23-7-12-26(33)13-8-23)25-11-15-28-29(20-25)32(4,5)17-16-31(28,2)3/h6-15,18,20,24H,16-17,19H2,1-5H3,(H,34,35)/b10-6+. The van der Waals surface area contributed by atoms with Crippen molar-refractivity contribution in [3.63, 3.8) is 0 Å². The molecule has 3 aromatic carbocycles. The van der Waals surface area contributed by atoms with Gasteiger partial charge in [-0.2, -0.15) is 0 Å². The Morgan fingerprint density at radius 1 is 0.943 bits per heavy atom. The molecule has 0 aromatic heterocycles. The highest BCUT2D eigenvalue weighted by Crippen LogP contribution is 2.46. The lowest BCUT2D eigenvalue weighted by molar-refractivity contribution is 0.0696. The first-order chi connectivity index (χ1) is 16.5. The van der Waals surface area contributed by atoms with Crippen LogP contribution in [0.4, 0.5) is 4.39 Å². The quantitative estimate of drug-likeness (QED) is 0.394. The topological polar surface area (TPSA) is 37.3 Å². The molecule has 1 aliphatic rings. The fraction of sp³-hybridized carbons (Fsp3) is 0.344. The second-order valence-electron chi connectivity index (χ2n) is 11.2. The number of aryl methyl sites for hydroxylation is 1. The zero-order valence-corrected chi connectivity index (χ0v) is 21.4. The number of hydrogen-bond donors (Lipinski definition) is 1. The van der Waals surface area contributed by atoms with Crippen molar-refractivity contribution < 1.29 is 14.3 Å². The number of carboxylic acids is 1. The Balaban J connectivity index is 1.74. The number of benzene rings is 3. The molecular formula is C32H35FO2. The Morgan fingerprint density at radius 3 is 2.23 bits per heavy atom. The van der Waals surface area contributed by atoms with E-state index in [0.29, 0.717) is 5.56 Å². The summed E-state index contributed by atoms with van der Waals surface area (Å²) in [4.78, 5) is 11.4. The van der Waals surface area contributed by atoms with E-state index in [1.807, 2.05) is 31.2 Å². The summed E-state index contributed by atoms with van der Waals surface area (Å²) in [7, 11) is 0. The summed E-state index contributed by atoms with van der Waals surface area (Å²) in [6.07, 6.45) is 7.36. The number of carboxylic acid groups (broad SMARTS) is 1. The summed E-state index contributed by atoms with van der Waals surface area (Å²) < 4.78 is 13.5. The minimum Gasteiger partial charge on any atom is -0.478 e. The van der Waals surface area contributed by atoms with E-state index in [0.717, 1.165) is 29.5 Å². The number of carbonyl (C=O) groups is 1. The van der Waals surface area contributed by atoms with Gasteiger partial charge in [-0.3, -0.25) is 0 Å². The van der Waals surface area contributed by atoms with Crippen molar-refractivity contribution in [3.05, 3.63) is 112 Å². The SMILES string of the molecule is Cc1cc(/C=C/C(Cc2ccc(F)cc2)c2ccc3c(c2)C(C)(C)CCC3(C)C)ccc1C(=O)O. The molecule has 0 heterocycles. The Bertz CT molecular complexity index is 1270. The van der Waals surface area contributed by atoms with Gasteiger partial charge in [0.15, 0.2) is 0 Å². The summed E-state index contributed by atoms with van der Waals surface area (Å²) >= 11 is 0. The van der Waals surface area contributed by atoms with Crippen LogP contribution in [-0.4, -0.2) is 11.1 Å². The van der Waals surface area contributed by atoms with Crippen LogP contribution in [0.25, 0.3) is 6.08 Å². The Kier molecular flexibility index (Phi) is 6.73. The van der Waals surface area contributed by atoms with Crippen LogP contribution in [-0.2, 0) is 17.3 Å². The summed E-state index contributed by atoms with van der Waals surface area (Å²) in [5, 5.41) is 9.34. The second-order valence-corrected chi connectivity index (χ2v) is 11.2. The van der Waals surface area contributed by atoms with E-state index in [1.165, 1.54) is 35.2 Å². The van der Waals surface area contributed by atoms with Crippen molar-refractivity contribution in [2.75, 3.05) is 0 Å².